The average molecular weight is 426 g/mol. The monoisotopic (exact) mass is 425 g/mol. The van der Waals surface area contributed by atoms with Crippen LogP contribution in [-0.4, -0.2) is 30.7 Å². The van der Waals surface area contributed by atoms with Crippen molar-refractivity contribution in [1.82, 2.24) is 0 Å². The first-order valence-electron chi connectivity index (χ1n) is 10.0. The minimum absolute atomic E-state index is 0.0390. The van der Waals surface area contributed by atoms with Crippen molar-refractivity contribution in [2.24, 2.45) is 0 Å². The van der Waals surface area contributed by atoms with Crippen molar-refractivity contribution < 1.29 is 14.3 Å². The standard InChI is InChI=1S/C25H28ClNO3/c1-5-6-7-8-11-14-29-22-15-21-23(20-13-10-9-12-19(20)22)18(16-26)17-27(21)24(28)30-25(2,3)4/h5-13,15,18H,1,14,16-17H2,2-4H3/b7-6-,11-8+/t18-/m0/s1. The molecule has 3 rings (SSSR count). The molecule has 1 heterocycles. The van der Waals surface area contributed by atoms with E-state index < -0.39 is 5.60 Å². The van der Waals surface area contributed by atoms with Crippen LogP contribution in [-0.2, 0) is 4.74 Å². The van der Waals surface area contributed by atoms with Crippen LogP contribution in [0, 0.1) is 0 Å². The van der Waals surface area contributed by atoms with Crippen LogP contribution in [0.25, 0.3) is 10.8 Å². The molecule has 0 saturated carbocycles. The molecular formula is C25H28ClNO3. The number of hydrogen-bond donors (Lipinski definition) is 0. The number of alkyl halides is 1. The summed E-state index contributed by atoms with van der Waals surface area (Å²) >= 11 is 6.29. The Kier molecular flexibility index (Phi) is 6.88. The molecule has 0 saturated heterocycles. The summed E-state index contributed by atoms with van der Waals surface area (Å²) in [5.74, 6) is 1.19. The van der Waals surface area contributed by atoms with Gasteiger partial charge in [-0.25, -0.2) is 4.79 Å². The van der Waals surface area contributed by atoms with E-state index in [1.54, 1.807) is 11.0 Å². The van der Waals surface area contributed by atoms with Gasteiger partial charge in [0.25, 0.3) is 0 Å². The lowest BCUT2D eigenvalue weighted by Gasteiger charge is -2.25. The summed E-state index contributed by atoms with van der Waals surface area (Å²) in [5, 5.41) is 2.06. The summed E-state index contributed by atoms with van der Waals surface area (Å²) in [6, 6.07) is 10.0. The van der Waals surface area contributed by atoms with E-state index in [1.807, 2.05) is 69.3 Å². The Morgan fingerprint density at radius 3 is 2.63 bits per heavy atom. The van der Waals surface area contributed by atoms with E-state index in [1.165, 1.54) is 0 Å². The van der Waals surface area contributed by atoms with E-state index >= 15 is 0 Å². The Morgan fingerprint density at radius 1 is 1.23 bits per heavy atom. The number of fused-ring (bicyclic) bond motifs is 3. The fourth-order valence-electron chi connectivity index (χ4n) is 3.56. The molecule has 0 bridgehead atoms. The van der Waals surface area contributed by atoms with Crippen LogP contribution >= 0.6 is 11.6 Å². The third-order valence-corrected chi connectivity index (χ3v) is 5.13. The highest BCUT2D eigenvalue weighted by atomic mass is 35.5. The summed E-state index contributed by atoms with van der Waals surface area (Å²) in [5.41, 5.74) is 1.30. The molecule has 30 heavy (non-hydrogen) atoms. The Morgan fingerprint density at radius 2 is 1.97 bits per heavy atom. The third kappa shape index (κ3) is 4.88. The van der Waals surface area contributed by atoms with E-state index in [0.29, 0.717) is 19.0 Å². The van der Waals surface area contributed by atoms with E-state index in [0.717, 1.165) is 27.8 Å². The predicted molar refractivity (Wildman–Crippen MR) is 125 cm³/mol. The van der Waals surface area contributed by atoms with Gasteiger partial charge in [-0.1, -0.05) is 55.1 Å². The first-order chi connectivity index (χ1) is 14.4. The van der Waals surface area contributed by atoms with Crippen molar-refractivity contribution in [3.05, 3.63) is 72.9 Å². The molecule has 1 atom stereocenters. The molecule has 158 valence electrons. The number of nitrogens with zero attached hydrogens (tertiary/aromatic N) is 1. The van der Waals surface area contributed by atoms with Gasteiger partial charge in [-0.15, -0.1) is 11.6 Å². The molecule has 2 aromatic rings. The molecule has 4 nitrogen and oxygen atoms in total. The number of amides is 1. The quantitative estimate of drug-likeness (QED) is 0.387. The van der Waals surface area contributed by atoms with Gasteiger partial charge in [-0.2, -0.15) is 0 Å². The van der Waals surface area contributed by atoms with Crippen molar-refractivity contribution in [3.8, 4) is 5.75 Å². The fourth-order valence-corrected chi connectivity index (χ4v) is 3.81. The van der Waals surface area contributed by atoms with Crippen LogP contribution in [0.2, 0.25) is 0 Å². The number of carbonyl (C=O) groups excluding carboxylic acids is 1. The van der Waals surface area contributed by atoms with E-state index in [9.17, 15) is 4.79 Å². The highest BCUT2D eigenvalue weighted by Crippen LogP contribution is 2.45. The van der Waals surface area contributed by atoms with Crippen molar-refractivity contribution in [3.63, 3.8) is 0 Å². The summed E-state index contributed by atoms with van der Waals surface area (Å²) in [6.07, 6.45) is 8.94. The van der Waals surface area contributed by atoms with Crippen LogP contribution in [0.5, 0.6) is 5.75 Å². The molecule has 1 aliphatic heterocycles. The number of allylic oxidation sites excluding steroid dienone is 4. The van der Waals surface area contributed by atoms with Gasteiger partial charge < -0.3 is 9.47 Å². The van der Waals surface area contributed by atoms with Crippen LogP contribution in [0.15, 0.2) is 67.3 Å². The number of ether oxygens (including phenoxy) is 2. The lowest BCUT2D eigenvalue weighted by molar-refractivity contribution is 0.0582. The Bertz CT molecular complexity index is 988. The van der Waals surface area contributed by atoms with Crippen LogP contribution < -0.4 is 9.64 Å². The van der Waals surface area contributed by atoms with E-state index in [2.05, 4.69) is 12.6 Å². The maximum absolute atomic E-state index is 12.9. The van der Waals surface area contributed by atoms with Gasteiger partial charge in [0.15, 0.2) is 0 Å². The van der Waals surface area contributed by atoms with Gasteiger partial charge in [-0.05, 0) is 37.8 Å². The van der Waals surface area contributed by atoms with Crippen LogP contribution in [0.1, 0.15) is 32.3 Å². The normalized spacial score (nSPS) is 16.4. The summed E-state index contributed by atoms with van der Waals surface area (Å²) in [7, 11) is 0. The van der Waals surface area contributed by atoms with Gasteiger partial charge in [0.05, 0.1) is 5.69 Å². The smallest absolute Gasteiger partial charge is 0.414 e. The van der Waals surface area contributed by atoms with Gasteiger partial charge in [0.2, 0.25) is 0 Å². The number of carbonyl (C=O) groups is 1. The highest BCUT2D eigenvalue weighted by molar-refractivity contribution is 6.19. The lowest BCUT2D eigenvalue weighted by Crippen LogP contribution is -2.36. The lowest BCUT2D eigenvalue weighted by atomic mass is 9.95. The zero-order chi connectivity index (χ0) is 21.7. The molecular weight excluding hydrogens is 398 g/mol. The molecule has 0 aromatic heterocycles. The fraction of sp³-hybridized carbons (Fsp3) is 0.320. The maximum Gasteiger partial charge on any atom is 0.414 e. The molecule has 0 radical (unpaired) electrons. The second kappa shape index (κ2) is 9.40. The van der Waals surface area contributed by atoms with Crippen molar-refractivity contribution in [2.75, 3.05) is 23.9 Å². The maximum atomic E-state index is 12.9. The minimum atomic E-state index is -0.573. The molecule has 0 N–H and O–H groups in total. The van der Waals surface area contributed by atoms with E-state index in [-0.39, 0.29) is 12.0 Å². The molecule has 1 aliphatic rings. The Hall–Kier alpha value is -2.72. The first kappa shape index (κ1) is 22.0. The molecule has 1 amide bonds. The van der Waals surface area contributed by atoms with Crippen molar-refractivity contribution in [1.29, 1.82) is 0 Å². The number of halogens is 1. The van der Waals surface area contributed by atoms with Gasteiger partial charge in [0, 0.05) is 29.8 Å². The highest BCUT2D eigenvalue weighted by Gasteiger charge is 2.36. The summed E-state index contributed by atoms with van der Waals surface area (Å²) in [4.78, 5) is 14.6. The second-order valence-corrected chi connectivity index (χ2v) is 8.46. The van der Waals surface area contributed by atoms with E-state index in [4.69, 9.17) is 21.1 Å². The number of benzene rings is 2. The number of hydrogen-bond acceptors (Lipinski definition) is 3. The predicted octanol–water partition coefficient (Wildman–Crippen LogP) is 6.59. The average Bonchev–Trinajstić information content (AvgIpc) is 3.08. The third-order valence-electron chi connectivity index (χ3n) is 4.76. The molecule has 0 unspecified atom stereocenters. The number of rotatable bonds is 6. The second-order valence-electron chi connectivity index (χ2n) is 8.16. The zero-order valence-corrected chi connectivity index (χ0v) is 18.5. The number of anilines is 1. The SMILES string of the molecule is C=C/C=C\C=C\COc1cc2c(c3ccccc13)[C@@H](CCl)CN2C(=O)OC(C)(C)C. The molecule has 0 fully saturated rings. The molecule has 5 heteroatoms. The Labute approximate surface area is 183 Å². The molecule has 0 aliphatic carbocycles. The van der Waals surface area contributed by atoms with Gasteiger partial charge in [0.1, 0.15) is 18.0 Å². The molecule has 2 aromatic carbocycles. The van der Waals surface area contributed by atoms with Crippen molar-refractivity contribution >= 4 is 34.2 Å². The Balaban J connectivity index is 2.00. The minimum Gasteiger partial charge on any atom is -0.489 e. The largest absolute Gasteiger partial charge is 0.489 e. The van der Waals surface area contributed by atoms with Crippen molar-refractivity contribution in [2.45, 2.75) is 32.3 Å². The summed E-state index contributed by atoms with van der Waals surface area (Å²) in [6.45, 7) is 10.1. The van der Waals surface area contributed by atoms with Crippen LogP contribution in [0.4, 0.5) is 10.5 Å². The van der Waals surface area contributed by atoms with Crippen LogP contribution in [0.3, 0.4) is 0 Å². The summed E-state index contributed by atoms with van der Waals surface area (Å²) < 4.78 is 11.7. The first-order valence-corrected chi connectivity index (χ1v) is 10.6. The van der Waals surface area contributed by atoms with Gasteiger partial charge >= 0.3 is 6.09 Å². The van der Waals surface area contributed by atoms with Gasteiger partial charge in [-0.3, -0.25) is 4.90 Å². The molecule has 0 spiro atoms. The topological polar surface area (TPSA) is 38.8 Å². The zero-order valence-electron chi connectivity index (χ0n) is 17.7.